The van der Waals surface area contributed by atoms with Crippen LogP contribution < -0.4 is 5.32 Å². The van der Waals surface area contributed by atoms with Crippen LogP contribution in [0.4, 0.5) is 5.69 Å². The molecule has 0 atom stereocenters. The van der Waals surface area contributed by atoms with E-state index in [0.717, 1.165) is 15.5 Å². The topological polar surface area (TPSA) is 79.3 Å². The summed E-state index contributed by atoms with van der Waals surface area (Å²) in [7, 11) is 0. The van der Waals surface area contributed by atoms with E-state index >= 15 is 0 Å². The maximum absolute atomic E-state index is 12.6. The summed E-state index contributed by atoms with van der Waals surface area (Å²) >= 11 is 1.41. The second-order valence-corrected chi connectivity index (χ2v) is 6.57. The number of para-hydroxylation sites is 1. The van der Waals surface area contributed by atoms with Crippen molar-refractivity contribution in [1.29, 1.82) is 0 Å². The Bertz CT molecular complexity index is 1100. The molecule has 0 unspecified atom stereocenters. The standard InChI is InChI=1S/C19H12N2O3S/c22-18(16-10-12-4-1-2-7-15(12)25-16)21-13-6-3-5-11-8-9-14(19(23)24)20-17(11)13/h1-10H,(H,21,22)(H,23,24). The van der Waals surface area contributed by atoms with E-state index < -0.39 is 5.97 Å². The molecule has 1 amide bonds. The zero-order valence-corrected chi connectivity index (χ0v) is 13.7. The van der Waals surface area contributed by atoms with Gasteiger partial charge in [0.05, 0.1) is 16.1 Å². The number of amides is 1. The monoisotopic (exact) mass is 348 g/mol. The van der Waals surface area contributed by atoms with E-state index in [-0.39, 0.29) is 11.6 Å². The molecule has 2 aromatic carbocycles. The highest BCUT2D eigenvalue weighted by molar-refractivity contribution is 7.20. The van der Waals surface area contributed by atoms with E-state index in [9.17, 15) is 9.59 Å². The fourth-order valence-corrected chi connectivity index (χ4v) is 3.60. The minimum Gasteiger partial charge on any atom is -0.477 e. The summed E-state index contributed by atoms with van der Waals surface area (Å²) in [6.07, 6.45) is 0. The normalized spacial score (nSPS) is 10.9. The zero-order valence-electron chi connectivity index (χ0n) is 12.9. The Labute approximate surface area is 146 Å². The van der Waals surface area contributed by atoms with E-state index in [1.54, 1.807) is 18.2 Å². The molecule has 25 heavy (non-hydrogen) atoms. The van der Waals surface area contributed by atoms with Crippen molar-refractivity contribution in [1.82, 2.24) is 4.98 Å². The van der Waals surface area contributed by atoms with Crippen molar-refractivity contribution >= 4 is 49.9 Å². The van der Waals surface area contributed by atoms with Gasteiger partial charge in [-0.1, -0.05) is 36.4 Å². The van der Waals surface area contributed by atoms with E-state index in [0.29, 0.717) is 16.1 Å². The highest BCUT2D eigenvalue weighted by Gasteiger charge is 2.13. The molecule has 0 aliphatic carbocycles. The number of aromatic carboxylic acids is 1. The molecule has 2 N–H and O–H groups in total. The molecule has 5 nitrogen and oxygen atoms in total. The fraction of sp³-hybridized carbons (Fsp3) is 0. The number of fused-ring (bicyclic) bond motifs is 2. The van der Waals surface area contributed by atoms with Gasteiger partial charge in [-0.3, -0.25) is 4.79 Å². The van der Waals surface area contributed by atoms with E-state index in [2.05, 4.69) is 10.3 Å². The molecule has 0 radical (unpaired) electrons. The molecule has 122 valence electrons. The number of hydrogen-bond donors (Lipinski definition) is 2. The quantitative estimate of drug-likeness (QED) is 0.575. The van der Waals surface area contributed by atoms with Crippen LogP contribution >= 0.6 is 11.3 Å². The lowest BCUT2D eigenvalue weighted by molar-refractivity contribution is 0.0691. The first-order chi connectivity index (χ1) is 12.1. The van der Waals surface area contributed by atoms with Crippen molar-refractivity contribution in [2.75, 3.05) is 5.32 Å². The average Bonchev–Trinajstić information content (AvgIpc) is 3.06. The van der Waals surface area contributed by atoms with Gasteiger partial charge in [-0.2, -0.15) is 0 Å². The molecule has 2 heterocycles. The fourth-order valence-electron chi connectivity index (χ4n) is 2.64. The molecule has 0 fully saturated rings. The van der Waals surface area contributed by atoms with Gasteiger partial charge in [0.2, 0.25) is 0 Å². The van der Waals surface area contributed by atoms with Crippen LogP contribution in [0, 0.1) is 0 Å². The van der Waals surface area contributed by atoms with Crippen molar-refractivity contribution in [3.05, 3.63) is 71.2 Å². The van der Waals surface area contributed by atoms with Gasteiger partial charge < -0.3 is 10.4 Å². The van der Waals surface area contributed by atoms with Gasteiger partial charge in [0.1, 0.15) is 5.69 Å². The summed E-state index contributed by atoms with van der Waals surface area (Å²) in [6, 6.07) is 18.1. The molecule has 0 saturated heterocycles. The summed E-state index contributed by atoms with van der Waals surface area (Å²) in [6.45, 7) is 0. The summed E-state index contributed by atoms with van der Waals surface area (Å²) in [4.78, 5) is 28.5. The van der Waals surface area contributed by atoms with Crippen LogP contribution in [0.2, 0.25) is 0 Å². The molecule has 0 aliphatic heterocycles. The smallest absolute Gasteiger partial charge is 0.354 e. The van der Waals surface area contributed by atoms with Gasteiger partial charge in [-0.05, 0) is 29.7 Å². The Morgan fingerprint density at radius 2 is 1.76 bits per heavy atom. The Morgan fingerprint density at radius 1 is 0.960 bits per heavy atom. The van der Waals surface area contributed by atoms with Gasteiger partial charge >= 0.3 is 5.97 Å². The third kappa shape index (κ3) is 2.83. The average molecular weight is 348 g/mol. The van der Waals surface area contributed by atoms with Crippen LogP contribution in [-0.4, -0.2) is 22.0 Å². The summed E-state index contributed by atoms with van der Waals surface area (Å²) < 4.78 is 1.04. The van der Waals surface area contributed by atoms with Crippen LogP contribution in [-0.2, 0) is 0 Å². The van der Waals surface area contributed by atoms with Crippen molar-refractivity contribution in [3.63, 3.8) is 0 Å². The first-order valence-corrected chi connectivity index (χ1v) is 8.36. The van der Waals surface area contributed by atoms with Crippen LogP contribution in [0.15, 0.2) is 60.7 Å². The third-order valence-corrected chi connectivity index (χ3v) is 4.95. The predicted octanol–water partition coefficient (Wildman–Crippen LogP) is 4.40. The molecule has 0 aliphatic rings. The molecular formula is C19H12N2O3S. The number of hydrogen-bond acceptors (Lipinski definition) is 4. The molecular weight excluding hydrogens is 336 g/mol. The van der Waals surface area contributed by atoms with Gasteiger partial charge in [0, 0.05) is 10.1 Å². The Balaban J connectivity index is 1.73. The molecule has 0 spiro atoms. The minimum atomic E-state index is -1.10. The van der Waals surface area contributed by atoms with Crippen LogP contribution in [0.25, 0.3) is 21.0 Å². The van der Waals surface area contributed by atoms with Crippen molar-refractivity contribution in [2.45, 2.75) is 0 Å². The second-order valence-electron chi connectivity index (χ2n) is 5.48. The number of thiophene rings is 1. The Morgan fingerprint density at radius 3 is 2.56 bits per heavy atom. The number of carboxylic acid groups (broad SMARTS) is 1. The molecule has 2 aromatic heterocycles. The number of anilines is 1. The number of rotatable bonds is 3. The van der Waals surface area contributed by atoms with Crippen molar-refractivity contribution in [2.24, 2.45) is 0 Å². The maximum atomic E-state index is 12.6. The SMILES string of the molecule is O=C(O)c1ccc2cccc(NC(=O)c3cc4ccccc4s3)c2n1. The van der Waals surface area contributed by atoms with E-state index in [1.165, 1.54) is 17.4 Å². The number of pyridine rings is 1. The van der Waals surface area contributed by atoms with Crippen LogP contribution in [0.3, 0.4) is 0 Å². The van der Waals surface area contributed by atoms with Gasteiger partial charge in [-0.15, -0.1) is 11.3 Å². The first kappa shape index (κ1) is 15.3. The molecule has 4 aromatic rings. The number of nitrogens with zero attached hydrogens (tertiary/aromatic N) is 1. The number of carbonyl (C=O) groups excluding carboxylic acids is 1. The number of carboxylic acids is 1. The van der Waals surface area contributed by atoms with Crippen LogP contribution in [0.5, 0.6) is 0 Å². The zero-order chi connectivity index (χ0) is 17.4. The Kier molecular flexibility index (Phi) is 3.66. The molecule has 6 heteroatoms. The number of carbonyl (C=O) groups is 2. The summed E-state index contributed by atoms with van der Waals surface area (Å²) in [5.41, 5.74) is 0.885. The third-order valence-electron chi connectivity index (χ3n) is 3.84. The number of benzene rings is 2. The number of aromatic nitrogens is 1. The lowest BCUT2D eigenvalue weighted by Gasteiger charge is -2.07. The molecule has 0 bridgehead atoms. The first-order valence-electron chi connectivity index (χ1n) is 7.55. The van der Waals surface area contributed by atoms with E-state index in [1.807, 2.05) is 36.4 Å². The molecule has 0 saturated carbocycles. The van der Waals surface area contributed by atoms with Crippen molar-refractivity contribution < 1.29 is 14.7 Å². The van der Waals surface area contributed by atoms with E-state index in [4.69, 9.17) is 5.11 Å². The largest absolute Gasteiger partial charge is 0.477 e. The van der Waals surface area contributed by atoms with Crippen LogP contribution in [0.1, 0.15) is 20.2 Å². The highest BCUT2D eigenvalue weighted by Crippen LogP contribution is 2.27. The van der Waals surface area contributed by atoms with Crippen molar-refractivity contribution in [3.8, 4) is 0 Å². The lowest BCUT2D eigenvalue weighted by Crippen LogP contribution is -2.11. The molecule has 4 rings (SSSR count). The summed E-state index contributed by atoms with van der Waals surface area (Å²) in [5.74, 6) is -1.34. The maximum Gasteiger partial charge on any atom is 0.354 e. The minimum absolute atomic E-state index is 0.0592. The van der Waals surface area contributed by atoms with Gasteiger partial charge in [0.25, 0.3) is 5.91 Å². The highest BCUT2D eigenvalue weighted by atomic mass is 32.1. The predicted molar refractivity (Wildman–Crippen MR) is 98.5 cm³/mol. The van der Waals surface area contributed by atoms with Gasteiger partial charge in [0.15, 0.2) is 0 Å². The van der Waals surface area contributed by atoms with Gasteiger partial charge in [-0.25, -0.2) is 9.78 Å². The lowest BCUT2D eigenvalue weighted by atomic mass is 10.1. The Hall–Kier alpha value is -3.25. The number of nitrogens with one attached hydrogen (secondary N) is 1. The summed E-state index contributed by atoms with van der Waals surface area (Å²) in [5, 5.41) is 13.8. The second kappa shape index (κ2) is 5.99.